The van der Waals surface area contributed by atoms with E-state index in [2.05, 4.69) is 13.8 Å². The average Bonchev–Trinajstić information content (AvgIpc) is 1.37. The van der Waals surface area contributed by atoms with Gasteiger partial charge >= 0.3 is 0 Å². The largest absolute Gasteiger partial charge is 0.0776 e. The van der Waals surface area contributed by atoms with Crippen LogP contribution in [-0.2, 0) is 0 Å². The third kappa shape index (κ3) is 1200. The van der Waals surface area contributed by atoms with Gasteiger partial charge in [-0.1, -0.05) is 93.5 Å². The zero-order valence-corrected chi connectivity index (χ0v) is 3.41. The molecule has 13 heavy (non-hydrogen) atoms. The predicted molar refractivity (Wildman–Crippen MR) is 81.2 cm³/mol. The van der Waals surface area contributed by atoms with Crippen molar-refractivity contribution in [1.29, 1.82) is 0 Å². The lowest BCUT2D eigenvalue weighted by atomic mass is 10.4. The van der Waals surface area contributed by atoms with Gasteiger partial charge in [-0.25, -0.2) is 0 Å². The molecule has 0 unspecified atom stereocenters. The first-order valence-electron chi connectivity index (χ1n) is 1.91. The zero-order valence-electron chi connectivity index (χ0n) is 3.41. The summed E-state index contributed by atoms with van der Waals surface area (Å²) < 4.78 is 0. The molecule has 0 rings (SSSR count). The molecule has 0 radical (unpaired) electrons. The van der Waals surface area contributed by atoms with Crippen LogP contribution in [0.25, 0.3) is 0 Å². The Morgan fingerprint density at radius 1 is 0.385 bits per heavy atom. The number of unbranched alkanes of at least 4 members (excludes halogenated alkanes) is 1. The summed E-state index contributed by atoms with van der Waals surface area (Å²) in [6, 6.07) is 0. The van der Waals surface area contributed by atoms with Gasteiger partial charge in [0.05, 0.1) is 0 Å². The lowest BCUT2D eigenvalue weighted by molar-refractivity contribution is 0.886. The Kier molecular flexibility index (Phi) is 5810. The fraction of sp³-hybridized carbons (Fsp3) is 1.00. The molecule has 0 bridgehead atoms. The Hall–Kier alpha value is 0. The van der Waals surface area contributed by atoms with Gasteiger partial charge in [-0.05, 0) is 0 Å². The van der Waals surface area contributed by atoms with Crippen molar-refractivity contribution in [3.05, 3.63) is 0 Å². The molecule has 0 heterocycles. The molecular weight excluding hydrogens is 156 g/mol. The molecule has 0 spiro atoms. The molecule has 0 aromatic rings. The molecule has 0 nitrogen and oxygen atoms in total. The summed E-state index contributed by atoms with van der Waals surface area (Å²) in [5, 5.41) is 0. The highest BCUT2D eigenvalue weighted by Gasteiger charge is 1.56. The van der Waals surface area contributed by atoms with Crippen LogP contribution in [0.3, 0.4) is 0 Å². The Morgan fingerprint density at radius 3 is 0.462 bits per heavy atom. The summed E-state index contributed by atoms with van der Waals surface area (Å²) in [4.78, 5) is 0. The van der Waals surface area contributed by atoms with E-state index in [1.165, 1.54) is 12.8 Å². The maximum Gasteiger partial charge on any atom is -0.0564 e. The van der Waals surface area contributed by atoms with E-state index in [4.69, 9.17) is 0 Å². The predicted octanol–water partition coefficient (Wildman–Crippen LogP) is 7.53. The first-order valence-corrected chi connectivity index (χ1v) is 1.91. The van der Waals surface area contributed by atoms with Crippen molar-refractivity contribution in [2.24, 2.45) is 0 Å². The topological polar surface area (TPSA) is 0 Å². The molecule has 0 aliphatic carbocycles. The van der Waals surface area contributed by atoms with Crippen LogP contribution in [0.1, 0.15) is 93.5 Å². The summed E-state index contributed by atoms with van der Waals surface area (Å²) >= 11 is 0. The second kappa shape index (κ2) is 363. The van der Waals surface area contributed by atoms with Crippen molar-refractivity contribution in [3.63, 3.8) is 0 Å². The van der Waals surface area contributed by atoms with E-state index in [9.17, 15) is 0 Å². The fourth-order valence-electron chi connectivity index (χ4n) is 0. The third-order valence-electron chi connectivity index (χ3n) is 0.500. The minimum Gasteiger partial charge on any atom is -0.0776 e. The van der Waals surface area contributed by atoms with E-state index in [0.29, 0.717) is 0 Å². The van der Waals surface area contributed by atoms with Gasteiger partial charge in [0.2, 0.25) is 0 Å². The van der Waals surface area contributed by atoms with E-state index in [-0.39, 0.29) is 66.8 Å². The first kappa shape index (κ1) is 208. The van der Waals surface area contributed by atoms with Crippen molar-refractivity contribution in [1.82, 2.24) is 0 Å². The normalized spacial score (nSPS) is 2.31. The zero-order chi connectivity index (χ0) is 3.41. The Balaban J connectivity index is -0.00000000125. The van der Waals surface area contributed by atoms with E-state index in [0.717, 1.165) is 0 Å². The first-order chi connectivity index (χ1) is 1.91. The Bertz CT molecular complexity index is 2.00. The van der Waals surface area contributed by atoms with Crippen LogP contribution in [0.15, 0.2) is 0 Å². The molecule has 0 amide bonds. The van der Waals surface area contributed by atoms with E-state index in [1.54, 1.807) is 0 Å². The molecule has 0 aromatic carbocycles. The smallest absolute Gasteiger partial charge is 0.0564 e. The van der Waals surface area contributed by atoms with E-state index < -0.39 is 0 Å². The molecule has 0 aliphatic rings. The van der Waals surface area contributed by atoms with Crippen molar-refractivity contribution >= 4 is 0 Å². The lowest BCUT2D eigenvalue weighted by Crippen LogP contribution is -1.47. The molecule has 0 aliphatic heterocycles. The molecule has 0 N–H and O–H groups in total. The summed E-state index contributed by atoms with van der Waals surface area (Å²) in [5.74, 6) is 0. The monoisotopic (exact) mass is 202 g/mol. The van der Waals surface area contributed by atoms with E-state index in [1.807, 2.05) is 0 Å². The van der Waals surface area contributed by atoms with Crippen molar-refractivity contribution in [3.8, 4) is 0 Å². The molecule has 0 atom stereocenters. The highest BCUT2D eigenvalue weighted by atomic mass is 13.6. The van der Waals surface area contributed by atoms with Crippen LogP contribution in [0.4, 0.5) is 0 Å². The third-order valence-corrected chi connectivity index (χ3v) is 0.500. The Labute approximate surface area is 94.2 Å². The molecular formula is C13H46. The summed E-state index contributed by atoms with van der Waals surface area (Å²) in [6.45, 7) is 4.36. The summed E-state index contributed by atoms with van der Waals surface area (Å²) in [6.07, 6.45) is 2.64. The van der Waals surface area contributed by atoms with E-state index >= 15 is 0 Å². The van der Waals surface area contributed by atoms with Gasteiger partial charge in [0.15, 0.2) is 0 Å². The van der Waals surface area contributed by atoms with Crippen molar-refractivity contribution in [2.75, 3.05) is 0 Å². The van der Waals surface area contributed by atoms with Crippen LogP contribution in [0.2, 0.25) is 0 Å². The fourth-order valence-corrected chi connectivity index (χ4v) is 0. The van der Waals surface area contributed by atoms with Gasteiger partial charge in [0.25, 0.3) is 0 Å². The summed E-state index contributed by atoms with van der Waals surface area (Å²) in [7, 11) is 0. The molecule has 0 saturated carbocycles. The van der Waals surface area contributed by atoms with Crippen LogP contribution < -0.4 is 0 Å². The van der Waals surface area contributed by atoms with Crippen LogP contribution in [0.5, 0.6) is 0 Å². The van der Waals surface area contributed by atoms with Gasteiger partial charge in [-0.2, -0.15) is 0 Å². The quantitative estimate of drug-likeness (QED) is 0.412. The maximum absolute atomic E-state index is 2.18. The standard InChI is InChI=1S/C4H10.9CH4/c1-3-4-2;;;;;;;;;/h3-4H2,1-2H3;9*1H4. The number of hydrogen-bond donors (Lipinski definition) is 0. The van der Waals surface area contributed by atoms with Crippen molar-refractivity contribution < 1.29 is 0 Å². The minimum absolute atomic E-state index is 0. The van der Waals surface area contributed by atoms with Gasteiger partial charge in [-0.15, -0.1) is 0 Å². The molecule has 0 saturated heterocycles. The highest BCUT2D eigenvalue weighted by molar-refractivity contribution is 4.12. The van der Waals surface area contributed by atoms with Crippen LogP contribution in [-0.4, -0.2) is 0 Å². The molecule has 0 aromatic heterocycles. The van der Waals surface area contributed by atoms with Crippen molar-refractivity contribution in [2.45, 2.75) is 93.5 Å². The number of rotatable bonds is 1. The van der Waals surface area contributed by atoms with Gasteiger partial charge < -0.3 is 0 Å². The van der Waals surface area contributed by atoms with Gasteiger partial charge in [-0.3, -0.25) is 0 Å². The minimum atomic E-state index is 0. The number of hydrogen-bond acceptors (Lipinski definition) is 0. The highest BCUT2D eigenvalue weighted by Crippen LogP contribution is 1.76. The van der Waals surface area contributed by atoms with Crippen LogP contribution >= 0.6 is 0 Å². The molecule has 0 heteroatoms. The second-order valence-corrected chi connectivity index (χ2v) is 1.000. The lowest BCUT2D eigenvalue weighted by Gasteiger charge is -1.68. The molecule has 0 fully saturated rings. The van der Waals surface area contributed by atoms with Gasteiger partial charge in [0, 0.05) is 0 Å². The maximum atomic E-state index is 2.18. The van der Waals surface area contributed by atoms with Crippen LogP contribution in [0, 0.1) is 0 Å². The van der Waals surface area contributed by atoms with Gasteiger partial charge in [0.1, 0.15) is 0 Å². The SMILES string of the molecule is C.C.C.C.C.C.C.C.C.CCCC. The summed E-state index contributed by atoms with van der Waals surface area (Å²) in [5.41, 5.74) is 0. The second-order valence-electron chi connectivity index (χ2n) is 1.000. The average molecular weight is 203 g/mol. The Morgan fingerprint density at radius 2 is 0.462 bits per heavy atom. The molecule has 98 valence electrons.